The molecule has 84 valence electrons. The molecular formula is C11H16BrFN2. The van der Waals surface area contributed by atoms with Crippen LogP contribution in [0.2, 0.25) is 0 Å². The van der Waals surface area contributed by atoms with Crippen LogP contribution in [-0.2, 0) is 0 Å². The molecule has 0 spiro atoms. The summed E-state index contributed by atoms with van der Waals surface area (Å²) in [5.41, 5.74) is 0. The van der Waals surface area contributed by atoms with E-state index in [0.29, 0.717) is 5.82 Å². The van der Waals surface area contributed by atoms with Gasteiger partial charge in [0.1, 0.15) is 0 Å². The second-order valence-corrected chi connectivity index (χ2v) is 4.43. The summed E-state index contributed by atoms with van der Waals surface area (Å²) in [4.78, 5) is 6.07. The molecule has 0 aliphatic rings. The lowest BCUT2D eigenvalue weighted by atomic mass is 10.2. The highest BCUT2D eigenvalue weighted by atomic mass is 79.9. The normalized spacial score (nSPS) is 10.7. The highest BCUT2D eigenvalue weighted by Gasteiger charge is 2.14. The Bertz CT molecular complexity index is 304. The Kier molecular flexibility index (Phi) is 5.02. The van der Waals surface area contributed by atoms with Crippen LogP contribution in [0.3, 0.4) is 0 Å². The largest absolute Gasteiger partial charge is 0.352 e. The van der Waals surface area contributed by atoms with Crippen molar-refractivity contribution in [1.82, 2.24) is 4.98 Å². The van der Waals surface area contributed by atoms with Crippen molar-refractivity contribution < 1.29 is 4.39 Å². The fourth-order valence-corrected chi connectivity index (χ4v) is 1.68. The molecule has 0 saturated carbocycles. The van der Waals surface area contributed by atoms with Crippen molar-refractivity contribution in [3.8, 4) is 0 Å². The molecule has 2 nitrogen and oxygen atoms in total. The van der Waals surface area contributed by atoms with E-state index < -0.39 is 0 Å². The van der Waals surface area contributed by atoms with Gasteiger partial charge in [0.25, 0.3) is 0 Å². The summed E-state index contributed by atoms with van der Waals surface area (Å²) < 4.78 is 13.5. The van der Waals surface area contributed by atoms with Crippen LogP contribution in [0.15, 0.2) is 18.3 Å². The van der Waals surface area contributed by atoms with Gasteiger partial charge in [-0.25, -0.2) is 9.37 Å². The SMILES string of the molecule is CC(C)N(CCCBr)c1ncccc1F. The van der Waals surface area contributed by atoms with Crippen LogP contribution in [0.5, 0.6) is 0 Å². The topological polar surface area (TPSA) is 16.1 Å². The number of nitrogens with zero attached hydrogens (tertiary/aromatic N) is 2. The zero-order valence-electron chi connectivity index (χ0n) is 9.08. The fraction of sp³-hybridized carbons (Fsp3) is 0.545. The van der Waals surface area contributed by atoms with E-state index in [0.717, 1.165) is 18.3 Å². The van der Waals surface area contributed by atoms with E-state index in [1.165, 1.54) is 6.07 Å². The number of alkyl halides is 1. The van der Waals surface area contributed by atoms with E-state index >= 15 is 0 Å². The number of rotatable bonds is 5. The Morgan fingerprint density at radius 2 is 2.27 bits per heavy atom. The molecule has 0 aliphatic heterocycles. The molecule has 0 atom stereocenters. The van der Waals surface area contributed by atoms with Gasteiger partial charge >= 0.3 is 0 Å². The van der Waals surface area contributed by atoms with E-state index in [-0.39, 0.29) is 11.9 Å². The van der Waals surface area contributed by atoms with Gasteiger partial charge in [-0.3, -0.25) is 0 Å². The Balaban J connectivity index is 2.84. The van der Waals surface area contributed by atoms with E-state index in [1.807, 2.05) is 18.7 Å². The van der Waals surface area contributed by atoms with Gasteiger partial charge in [0.15, 0.2) is 11.6 Å². The van der Waals surface area contributed by atoms with Gasteiger partial charge in [0.2, 0.25) is 0 Å². The Hall–Kier alpha value is -0.640. The molecule has 0 amide bonds. The first-order valence-electron chi connectivity index (χ1n) is 5.10. The van der Waals surface area contributed by atoms with Gasteiger partial charge in [-0.2, -0.15) is 0 Å². The lowest BCUT2D eigenvalue weighted by Gasteiger charge is -2.27. The van der Waals surface area contributed by atoms with Crippen LogP contribution in [0.4, 0.5) is 10.2 Å². The average Bonchev–Trinajstić information content (AvgIpc) is 2.20. The molecule has 0 unspecified atom stereocenters. The highest BCUT2D eigenvalue weighted by molar-refractivity contribution is 9.09. The quantitative estimate of drug-likeness (QED) is 0.767. The molecule has 0 N–H and O–H groups in total. The van der Waals surface area contributed by atoms with Crippen LogP contribution in [0, 0.1) is 5.82 Å². The van der Waals surface area contributed by atoms with Crippen molar-refractivity contribution in [2.24, 2.45) is 0 Å². The van der Waals surface area contributed by atoms with Gasteiger partial charge < -0.3 is 4.90 Å². The van der Waals surface area contributed by atoms with Gasteiger partial charge in [-0.15, -0.1) is 0 Å². The third-order valence-corrected chi connectivity index (χ3v) is 2.73. The van der Waals surface area contributed by atoms with Gasteiger partial charge in [0.05, 0.1) is 0 Å². The predicted octanol–water partition coefficient (Wildman–Crippen LogP) is 3.22. The monoisotopic (exact) mass is 274 g/mol. The van der Waals surface area contributed by atoms with E-state index in [1.54, 1.807) is 12.3 Å². The van der Waals surface area contributed by atoms with E-state index in [9.17, 15) is 4.39 Å². The standard InChI is InChI=1S/C11H16BrFN2/c1-9(2)15(8-4-6-12)11-10(13)5-3-7-14-11/h3,5,7,9H,4,6,8H2,1-2H3. The molecule has 4 heteroatoms. The van der Waals surface area contributed by atoms with Gasteiger partial charge in [-0.1, -0.05) is 15.9 Å². The highest BCUT2D eigenvalue weighted by Crippen LogP contribution is 2.18. The first-order chi connectivity index (χ1) is 7.16. The van der Waals surface area contributed by atoms with E-state index in [4.69, 9.17) is 0 Å². The van der Waals surface area contributed by atoms with Crippen molar-refractivity contribution in [3.05, 3.63) is 24.1 Å². The van der Waals surface area contributed by atoms with Crippen molar-refractivity contribution in [3.63, 3.8) is 0 Å². The first kappa shape index (κ1) is 12.4. The molecular weight excluding hydrogens is 259 g/mol. The van der Waals surface area contributed by atoms with Crippen molar-refractivity contribution in [2.75, 3.05) is 16.8 Å². The summed E-state index contributed by atoms with van der Waals surface area (Å²) in [6.07, 6.45) is 2.61. The molecule has 0 saturated heterocycles. The smallest absolute Gasteiger partial charge is 0.165 e. The molecule has 1 heterocycles. The van der Waals surface area contributed by atoms with Crippen molar-refractivity contribution in [1.29, 1.82) is 0 Å². The summed E-state index contributed by atoms with van der Waals surface area (Å²) >= 11 is 3.38. The molecule has 0 fully saturated rings. The number of pyridine rings is 1. The third-order valence-electron chi connectivity index (χ3n) is 2.17. The lowest BCUT2D eigenvalue weighted by Crippen LogP contribution is -2.33. The van der Waals surface area contributed by atoms with Crippen LogP contribution >= 0.6 is 15.9 Å². The molecule has 1 aromatic heterocycles. The first-order valence-corrected chi connectivity index (χ1v) is 6.22. The molecule has 1 rings (SSSR count). The maximum Gasteiger partial charge on any atom is 0.165 e. The Labute approximate surface area is 98.6 Å². The molecule has 0 aromatic carbocycles. The molecule has 1 aromatic rings. The van der Waals surface area contributed by atoms with Crippen LogP contribution in [-0.4, -0.2) is 22.9 Å². The van der Waals surface area contributed by atoms with Crippen LogP contribution in [0.1, 0.15) is 20.3 Å². The van der Waals surface area contributed by atoms with Crippen molar-refractivity contribution >= 4 is 21.7 Å². The summed E-state index contributed by atoms with van der Waals surface area (Å²) in [5, 5.41) is 0.921. The van der Waals surface area contributed by atoms with Crippen molar-refractivity contribution in [2.45, 2.75) is 26.3 Å². The second-order valence-electron chi connectivity index (χ2n) is 3.64. The molecule has 0 radical (unpaired) electrons. The number of hydrogen-bond acceptors (Lipinski definition) is 2. The number of halogens is 2. The second kappa shape index (κ2) is 6.05. The summed E-state index contributed by atoms with van der Waals surface area (Å²) in [6, 6.07) is 3.32. The average molecular weight is 275 g/mol. The van der Waals surface area contributed by atoms with Gasteiger partial charge in [0, 0.05) is 24.1 Å². The minimum absolute atomic E-state index is 0.249. The minimum atomic E-state index is -0.249. The summed E-state index contributed by atoms with van der Waals surface area (Å²) in [5.74, 6) is 0.203. The Morgan fingerprint density at radius 3 is 2.80 bits per heavy atom. The van der Waals surface area contributed by atoms with E-state index in [2.05, 4.69) is 20.9 Å². The number of hydrogen-bond donors (Lipinski definition) is 0. The summed E-state index contributed by atoms with van der Waals surface area (Å²) in [6.45, 7) is 4.90. The zero-order chi connectivity index (χ0) is 11.3. The number of anilines is 1. The fourth-order valence-electron chi connectivity index (χ4n) is 1.43. The lowest BCUT2D eigenvalue weighted by molar-refractivity contribution is 0.587. The molecule has 15 heavy (non-hydrogen) atoms. The van der Waals surface area contributed by atoms with Crippen LogP contribution in [0.25, 0.3) is 0 Å². The summed E-state index contributed by atoms with van der Waals surface area (Å²) in [7, 11) is 0. The maximum atomic E-state index is 13.5. The third kappa shape index (κ3) is 3.45. The Morgan fingerprint density at radius 1 is 1.53 bits per heavy atom. The maximum absolute atomic E-state index is 13.5. The molecule has 0 aliphatic carbocycles. The molecule has 0 bridgehead atoms. The zero-order valence-corrected chi connectivity index (χ0v) is 10.7. The number of aromatic nitrogens is 1. The van der Waals surface area contributed by atoms with Gasteiger partial charge in [-0.05, 0) is 32.4 Å². The minimum Gasteiger partial charge on any atom is -0.352 e. The van der Waals surface area contributed by atoms with Crippen LogP contribution < -0.4 is 4.90 Å². The predicted molar refractivity (Wildman–Crippen MR) is 65.1 cm³/mol.